The van der Waals surface area contributed by atoms with Gasteiger partial charge < -0.3 is 14.8 Å². The second-order valence-electron chi connectivity index (χ2n) is 7.69. The third-order valence-corrected chi connectivity index (χ3v) is 5.29. The fourth-order valence-electron chi connectivity index (χ4n) is 3.34. The number of amides is 1. The SMILES string of the molecule is Cc1nn(C)c(C)c1CCC(=O)OC(C)C(=O)Nc1ccc(OCc2ccccc2)cc1. The maximum Gasteiger partial charge on any atom is 0.306 e. The minimum absolute atomic E-state index is 0.193. The topological polar surface area (TPSA) is 82.5 Å². The van der Waals surface area contributed by atoms with E-state index < -0.39 is 12.1 Å². The Hall–Kier alpha value is -3.61. The number of hydrogen-bond acceptors (Lipinski definition) is 5. The number of aryl methyl sites for hydroxylation is 2. The first kappa shape index (κ1) is 23.1. The Balaban J connectivity index is 1.44. The van der Waals surface area contributed by atoms with Crippen molar-refractivity contribution in [2.75, 3.05) is 5.32 Å². The van der Waals surface area contributed by atoms with Crippen molar-refractivity contribution >= 4 is 17.6 Å². The predicted octanol–water partition coefficient (Wildman–Crippen LogP) is 4.12. The Kier molecular flexibility index (Phi) is 7.65. The first-order chi connectivity index (χ1) is 15.3. The van der Waals surface area contributed by atoms with E-state index in [1.165, 1.54) is 0 Å². The molecule has 1 atom stereocenters. The molecule has 0 bridgehead atoms. The molecule has 1 amide bonds. The van der Waals surface area contributed by atoms with E-state index in [2.05, 4.69) is 10.4 Å². The van der Waals surface area contributed by atoms with E-state index in [1.807, 2.05) is 51.2 Å². The number of carbonyl (C=O) groups is 2. The van der Waals surface area contributed by atoms with Gasteiger partial charge in [0.15, 0.2) is 6.10 Å². The van der Waals surface area contributed by atoms with E-state index in [1.54, 1.807) is 35.9 Å². The molecule has 3 rings (SSSR count). The molecule has 0 radical (unpaired) electrons. The number of benzene rings is 2. The highest BCUT2D eigenvalue weighted by molar-refractivity contribution is 5.95. The smallest absolute Gasteiger partial charge is 0.306 e. The summed E-state index contributed by atoms with van der Waals surface area (Å²) in [7, 11) is 1.87. The Morgan fingerprint density at radius 2 is 1.75 bits per heavy atom. The van der Waals surface area contributed by atoms with Crippen molar-refractivity contribution in [3.63, 3.8) is 0 Å². The van der Waals surface area contributed by atoms with Gasteiger partial charge in [-0.05, 0) is 62.6 Å². The van der Waals surface area contributed by atoms with Crippen molar-refractivity contribution < 1.29 is 19.1 Å². The molecular formula is C25H29N3O4. The molecule has 7 nitrogen and oxygen atoms in total. The van der Waals surface area contributed by atoms with Crippen LogP contribution in [0.1, 0.15) is 35.9 Å². The monoisotopic (exact) mass is 435 g/mol. The van der Waals surface area contributed by atoms with Crippen molar-refractivity contribution in [3.05, 3.63) is 77.1 Å². The summed E-state index contributed by atoms with van der Waals surface area (Å²) in [6, 6.07) is 17.0. The molecule has 0 saturated carbocycles. The zero-order valence-electron chi connectivity index (χ0n) is 18.9. The number of rotatable bonds is 9. The number of ether oxygens (including phenoxy) is 2. The highest BCUT2D eigenvalue weighted by atomic mass is 16.5. The molecule has 1 N–H and O–H groups in total. The van der Waals surface area contributed by atoms with Crippen LogP contribution in [0.2, 0.25) is 0 Å². The van der Waals surface area contributed by atoms with Crippen LogP contribution in [-0.4, -0.2) is 27.8 Å². The van der Waals surface area contributed by atoms with E-state index >= 15 is 0 Å². The van der Waals surface area contributed by atoms with E-state index in [0.717, 1.165) is 22.5 Å². The number of hydrogen-bond donors (Lipinski definition) is 1. The molecule has 2 aromatic carbocycles. The predicted molar refractivity (Wildman–Crippen MR) is 122 cm³/mol. The molecule has 1 aromatic heterocycles. The minimum Gasteiger partial charge on any atom is -0.489 e. The van der Waals surface area contributed by atoms with Gasteiger partial charge in [-0.2, -0.15) is 5.10 Å². The number of nitrogens with zero attached hydrogens (tertiary/aromatic N) is 2. The van der Waals surface area contributed by atoms with Crippen LogP contribution in [0, 0.1) is 13.8 Å². The summed E-state index contributed by atoms with van der Waals surface area (Å²) in [5.41, 5.74) is 4.65. The molecule has 1 unspecified atom stereocenters. The van der Waals surface area contributed by atoms with Crippen molar-refractivity contribution in [2.45, 2.75) is 46.3 Å². The summed E-state index contributed by atoms with van der Waals surface area (Å²) in [5.74, 6) is -0.0997. The van der Waals surface area contributed by atoms with Crippen molar-refractivity contribution in [3.8, 4) is 5.75 Å². The summed E-state index contributed by atoms with van der Waals surface area (Å²) < 4.78 is 12.8. The Morgan fingerprint density at radius 3 is 2.38 bits per heavy atom. The van der Waals surface area contributed by atoms with Gasteiger partial charge in [0.05, 0.1) is 5.69 Å². The van der Waals surface area contributed by atoms with Gasteiger partial charge in [0.25, 0.3) is 5.91 Å². The molecule has 0 fully saturated rings. The van der Waals surface area contributed by atoms with Gasteiger partial charge in [-0.1, -0.05) is 30.3 Å². The highest BCUT2D eigenvalue weighted by Crippen LogP contribution is 2.18. The second-order valence-corrected chi connectivity index (χ2v) is 7.69. The van der Waals surface area contributed by atoms with Crippen LogP contribution in [0.5, 0.6) is 5.75 Å². The minimum atomic E-state index is -0.896. The summed E-state index contributed by atoms with van der Waals surface area (Å²) in [6.07, 6.45) is -0.172. The lowest BCUT2D eigenvalue weighted by molar-refractivity contribution is -0.153. The molecule has 0 aliphatic heterocycles. The van der Waals surface area contributed by atoms with Gasteiger partial charge in [0, 0.05) is 24.8 Å². The number of anilines is 1. The van der Waals surface area contributed by atoms with Gasteiger partial charge in [-0.15, -0.1) is 0 Å². The fraction of sp³-hybridized carbons (Fsp3) is 0.320. The first-order valence-electron chi connectivity index (χ1n) is 10.6. The molecule has 1 heterocycles. The van der Waals surface area contributed by atoms with Crippen LogP contribution in [-0.2, 0) is 34.4 Å². The lowest BCUT2D eigenvalue weighted by Gasteiger charge is -2.14. The van der Waals surface area contributed by atoms with E-state index in [-0.39, 0.29) is 12.3 Å². The third kappa shape index (κ3) is 6.20. The highest BCUT2D eigenvalue weighted by Gasteiger charge is 2.19. The van der Waals surface area contributed by atoms with Crippen molar-refractivity contribution in [1.29, 1.82) is 0 Å². The van der Waals surface area contributed by atoms with Gasteiger partial charge in [0.1, 0.15) is 12.4 Å². The van der Waals surface area contributed by atoms with Gasteiger partial charge in [0.2, 0.25) is 0 Å². The molecular weight excluding hydrogens is 406 g/mol. The van der Waals surface area contributed by atoms with Crippen LogP contribution in [0.4, 0.5) is 5.69 Å². The standard InChI is InChI=1S/C25H29N3O4/c1-17-23(18(2)28(4)27-17)14-15-24(29)32-19(3)25(30)26-21-10-12-22(13-11-21)31-16-20-8-6-5-7-9-20/h5-13,19H,14-16H2,1-4H3,(H,26,30). The molecule has 3 aromatic rings. The number of nitrogens with one attached hydrogen (secondary N) is 1. The molecule has 0 saturated heterocycles. The molecule has 32 heavy (non-hydrogen) atoms. The lowest BCUT2D eigenvalue weighted by atomic mass is 10.1. The fourth-order valence-corrected chi connectivity index (χ4v) is 3.34. The van der Waals surface area contributed by atoms with Gasteiger partial charge in [-0.3, -0.25) is 14.3 Å². The largest absolute Gasteiger partial charge is 0.489 e. The van der Waals surface area contributed by atoms with Crippen LogP contribution in [0.25, 0.3) is 0 Å². The molecule has 0 aliphatic rings. The Morgan fingerprint density at radius 1 is 1.06 bits per heavy atom. The van der Waals surface area contributed by atoms with E-state index in [4.69, 9.17) is 9.47 Å². The number of aromatic nitrogens is 2. The van der Waals surface area contributed by atoms with E-state index in [9.17, 15) is 9.59 Å². The molecule has 0 aliphatic carbocycles. The van der Waals surface area contributed by atoms with Crippen molar-refractivity contribution in [2.24, 2.45) is 7.05 Å². The molecule has 168 valence electrons. The quantitative estimate of drug-likeness (QED) is 0.511. The third-order valence-electron chi connectivity index (χ3n) is 5.29. The molecule has 0 spiro atoms. The van der Waals surface area contributed by atoms with Gasteiger partial charge >= 0.3 is 5.97 Å². The van der Waals surface area contributed by atoms with Crippen LogP contribution in [0.15, 0.2) is 54.6 Å². The van der Waals surface area contributed by atoms with Crippen LogP contribution in [0.3, 0.4) is 0 Å². The summed E-state index contributed by atoms with van der Waals surface area (Å²) in [4.78, 5) is 24.6. The Labute approximate surface area is 188 Å². The van der Waals surface area contributed by atoms with Gasteiger partial charge in [-0.25, -0.2) is 0 Å². The summed E-state index contributed by atoms with van der Waals surface area (Å²) in [5, 5.41) is 7.11. The zero-order valence-corrected chi connectivity index (χ0v) is 18.9. The lowest BCUT2D eigenvalue weighted by Crippen LogP contribution is -2.30. The van der Waals surface area contributed by atoms with Crippen LogP contribution >= 0.6 is 0 Å². The summed E-state index contributed by atoms with van der Waals surface area (Å²) in [6.45, 7) is 5.92. The van der Waals surface area contributed by atoms with Crippen molar-refractivity contribution in [1.82, 2.24) is 9.78 Å². The van der Waals surface area contributed by atoms with Crippen LogP contribution < -0.4 is 10.1 Å². The number of esters is 1. The maximum absolute atomic E-state index is 12.4. The summed E-state index contributed by atoms with van der Waals surface area (Å²) >= 11 is 0. The number of carbonyl (C=O) groups excluding carboxylic acids is 2. The maximum atomic E-state index is 12.4. The first-order valence-corrected chi connectivity index (χ1v) is 10.6. The second kappa shape index (κ2) is 10.6. The van der Waals surface area contributed by atoms with E-state index in [0.29, 0.717) is 24.5 Å². The average molecular weight is 436 g/mol. The Bertz CT molecular complexity index is 1060. The normalized spacial score (nSPS) is 11.6. The zero-order chi connectivity index (χ0) is 23.1. The molecule has 7 heteroatoms. The average Bonchev–Trinajstić information content (AvgIpc) is 3.03.